The SMILES string of the molecule is CC(C)(C)OC(=O)N1CCN(CC2CN(Cc3ccccc3)CCO2)CC1. The lowest BCUT2D eigenvalue weighted by Gasteiger charge is -2.39. The number of ether oxygens (including phenoxy) is 2. The maximum Gasteiger partial charge on any atom is 0.410 e. The van der Waals surface area contributed by atoms with E-state index in [9.17, 15) is 4.79 Å². The average Bonchev–Trinajstić information content (AvgIpc) is 2.62. The maximum absolute atomic E-state index is 12.2. The number of piperazine rings is 1. The average molecular weight is 376 g/mol. The van der Waals surface area contributed by atoms with Gasteiger partial charge in [-0.05, 0) is 26.3 Å². The Morgan fingerprint density at radius 3 is 2.44 bits per heavy atom. The van der Waals surface area contributed by atoms with Crippen LogP contribution < -0.4 is 0 Å². The Bertz CT molecular complexity index is 594. The van der Waals surface area contributed by atoms with E-state index in [4.69, 9.17) is 9.47 Å². The fourth-order valence-electron chi connectivity index (χ4n) is 3.60. The van der Waals surface area contributed by atoms with Crippen molar-refractivity contribution < 1.29 is 14.3 Å². The van der Waals surface area contributed by atoms with E-state index >= 15 is 0 Å². The fraction of sp³-hybridized carbons (Fsp3) is 0.667. The molecule has 1 aromatic carbocycles. The van der Waals surface area contributed by atoms with Crippen LogP contribution in [0, 0.1) is 0 Å². The van der Waals surface area contributed by atoms with Crippen LogP contribution in [-0.2, 0) is 16.0 Å². The lowest BCUT2D eigenvalue weighted by molar-refractivity contribution is -0.0513. The third-order valence-electron chi connectivity index (χ3n) is 4.96. The molecule has 6 nitrogen and oxygen atoms in total. The second kappa shape index (κ2) is 9.04. The Labute approximate surface area is 163 Å². The Morgan fingerprint density at radius 1 is 1.07 bits per heavy atom. The van der Waals surface area contributed by atoms with Crippen LogP contribution in [0.25, 0.3) is 0 Å². The Hall–Kier alpha value is -1.63. The third-order valence-corrected chi connectivity index (χ3v) is 4.96. The van der Waals surface area contributed by atoms with Crippen molar-refractivity contribution in [3.8, 4) is 0 Å². The Balaban J connectivity index is 1.41. The van der Waals surface area contributed by atoms with Crippen molar-refractivity contribution in [3.63, 3.8) is 0 Å². The molecule has 1 atom stereocenters. The minimum atomic E-state index is -0.438. The van der Waals surface area contributed by atoms with E-state index in [0.717, 1.165) is 59.0 Å². The molecule has 0 radical (unpaired) electrons. The van der Waals surface area contributed by atoms with Crippen LogP contribution in [-0.4, -0.2) is 84.9 Å². The van der Waals surface area contributed by atoms with Crippen molar-refractivity contribution in [1.82, 2.24) is 14.7 Å². The highest BCUT2D eigenvalue weighted by molar-refractivity contribution is 5.68. The van der Waals surface area contributed by atoms with Crippen LogP contribution in [0.4, 0.5) is 4.79 Å². The van der Waals surface area contributed by atoms with Gasteiger partial charge in [0, 0.05) is 52.4 Å². The highest BCUT2D eigenvalue weighted by Gasteiger charge is 2.28. The standard InChI is InChI=1S/C21H33N3O3/c1-21(2,3)27-20(25)24-11-9-22(10-12-24)16-19-17-23(13-14-26-19)15-18-7-5-4-6-8-18/h4-8,19H,9-17H2,1-3H3. The number of benzene rings is 1. The summed E-state index contributed by atoms with van der Waals surface area (Å²) in [6, 6.07) is 10.6. The van der Waals surface area contributed by atoms with Gasteiger partial charge in [0.15, 0.2) is 0 Å². The van der Waals surface area contributed by atoms with Gasteiger partial charge in [-0.15, -0.1) is 0 Å². The molecule has 0 spiro atoms. The monoisotopic (exact) mass is 375 g/mol. The largest absolute Gasteiger partial charge is 0.444 e. The van der Waals surface area contributed by atoms with Crippen molar-refractivity contribution in [2.75, 3.05) is 52.4 Å². The van der Waals surface area contributed by atoms with Crippen LogP contribution in [0.5, 0.6) is 0 Å². The van der Waals surface area contributed by atoms with Gasteiger partial charge in [-0.25, -0.2) is 4.79 Å². The third kappa shape index (κ3) is 6.48. The quantitative estimate of drug-likeness (QED) is 0.809. The summed E-state index contributed by atoms with van der Waals surface area (Å²) in [6.07, 6.45) is 0.0284. The zero-order chi connectivity index (χ0) is 19.3. The van der Waals surface area contributed by atoms with Crippen molar-refractivity contribution in [2.24, 2.45) is 0 Å². The summed E-state index contributed by atoms with van der Waals surface area (Å²) in [5.41, 5.74) is 0.913. The fourth-order valence-corrected chi connectivity index (χ4v) is 3.60. The van der Waals surface area contributed by atoms with E-state index < -0.39 is 5.60 Å². The summed E-state index contributed by atoms with van der Waals surface area (Å²) in [7, 11) is 0. The zero-order valence-electron chi connectivity index (χ0n) is 16.9. The van der Waals surface area contributed by atoms with Gasteiger partial charge >= 0.3 is 6.09 Å². The normalized spacial score (nSPS) is 22.6. The summed E-state index contributed by atoms with van der Waals surface area (Å²) in [5.74, 6) is 0. The molecule has 150 valence electrons. The van der Waals surface area contributed by atoms with Crippen LogP contribution >= 0.6 is 0 Å². The number of hydrogen-bond donors (Lipinski definition) is 0. The molecule has 2 heterocycles. The number of carbonyl (C=O) groups is 1. The lowest BCUT2D eigenvalue weighted by atomic mass is 10.1. The molecular weight excluding hydrogens is 342 g/mol. The molecular formula is C21H33N3O3. The van der Waals surface area contributed by atoms with E-state index in [0.29, 0.717) is 0 Å². The number of amides is 1. The first-order chi connectivity index (χ1) is 12.9. The molecule has 1 amide bonds. The number of hydrogen-bond acceptors (Lipinski definition) is 5. The summed E-state index contributed by atoms with van der Waals surface area (Å²) < 4.78 is 11.5. The van der Waals surface area contributed by atoms with E-state index in [1.54, 1.807) is 0 Å². The van der Waals surface area contributed by atoms with Crippen molar-refractivity contribution >= 4 is 6.09 Å². The topological polar surface area (TPSA) is 45.2 Å². The molecule has 3 rings (SSSR count). The zero-order valence-corrected chi connectivity index (χ0v) is 16.9. The molecule has 1 aromatic rings. The first-order valence-corrected chi connectivity index (χ1v) is 9.97. The molecule has 1 unspecified atom stereocenters. The first-order valence-electron chi connectivity index (χ1n) is 9.97. The molecule has 27 heavy (non-hydrogen) atoms. The van der Waals surface area contributed by atoms with Gasteiger partial charge < -0.3 is 14.4 Å². The van der Waals surface area contributed by atoms with E-state index in [1.165, 1.54) is 5.56 Å². The van der Waals surface area contributed by atoms with Crippen LogP contribution in [0.15, 0.2) is 30.3 Å². The van der Waals surface area contributed by atoms with Crippen molar-refractivity contribution in [2.45, 2.75) is 39.0 Å². The second-order valence-electron chi connectivity index (χ2n) is 8.48. The summed E-state index contributed by atoms with van der Waals surface area (Å²) in [6.45, 7) is 13.5. The second-order valence-corrected chi connectivity index (χ2v) is 8.48. The van der Waals surface area contributed by atoms with E-state index in [1.807, 2.05) is 25.7 Å². The number of nitrogens with zero attached hydrogens (tertiary/aromatic N) is 3. The minimum absolute atomic E-state index is 0.204. The summed E-state index contributed by atoms with van der Waals surface area (Å²) in [5, 5.41) is 0. The smallest absolute Gasteiger partial charge is 0.410 e. The number of rotatable bonds is 4. The molecule has 0 N–H and O–H groups in total. The predicted octanol–water partition coefficient (Wildman–Crippen LogP) is 2.44. The number of carbonyl (C=O) groups excluding carboxylic acids is 1. The minimum Gasteiger partial charge on any atom is -0.444 e. The Kier molecular flexibility index (Phi) is 6.73. The van der Waals surface area contributed by atoms with Gasteiger partial charge in [-0.2, -0.15) is 0 Å². The molecule has 2 saturated heterocycles. The van der Waals surface area contributed by atoms with Crippen LogP contribution in [0.1, 0.15) is 26.3 Å². The molecule has 2 aliphatic rings. The van der Waals surface area contributed by atoms with E-state index in [2.05, 4.69) is 40.1 Å². The van der Waals surface area contributed by atoms with Crippen LogP contribution in [0.3, 0.4) is 0 Å². The number of morpholine rings is 1. The first kappa shape index (κ1) is 20.1. The van der Waals surface area contributed by atoms with Crippen molar-refractivity contribution in [1.29, 1.82) is 0 Å². The highest BCUT2D eigenvalue weighted by Crippen LogP contribution is 2.14. The molecule has 0 bridgehead atoms. The molecule has 2 fully saturated rings. The van der Waals surface area contributed by atoms with Gasteiger partial charge in [0.1, 0.15) is 5.60 Å². The van der Waals surface area contributed by atoms with Crippen molar-refractivity contribution in [3.05, 3.63) is 35.9 Å². The summed E-state index contributed by atoms with van der Waals surface area (Å²) in [4.78, 5) is 18.9. The van der Waals surface area contributed by atoms with Gasteiger partial charge in [-0.3, -0.25) is 9.80 Å². The van der Waals surface area contributed by atoms with E-state index in [-0.39, 0.29) is 12.2 Å². The molecule has 6 heteroatoms. The Morgan fingerprint density at radius 2 is 1.78 bits per heavy atom. The molecule has 2 aliphatic heterocycles. The predicted molar refractivity (Wildman–Crippen MR) is 106 cm³/mol. The van der Waals surface area contributed by atoms with Crippen LogP contribution in [0.2, 0.25) is 0 Å². The highest BCUT2D eigenvalue weighted by atomic mass is 16.6. The molecule has 0 aromatic heterocycles. The molecule has 0 aliphatic carbocycles. The van der Waals surface area contributed by atoms with Gasteiger partial charge in [0.25, 0.3) is 0 Å². The van der Waals surface area contributed by atoms with Gasteiger partial charge in [-0.1, -0.05) is 30.3 Å². The molecule has 0 saturated carbocycles. The van der Waals surface area contributed by atoms with Gasteiger partial charge in [0.2, 0.25) is 0 Å². The lowest BCUT2D eigenvalue weighted by Crippen LogP contribution is -2.54. The van der Waals surface area contributed by atoms with Gasteiger partial charge in [0.05, 0.1) is 12.7 Å². The summed E-state index contributed by atoms with van der Waals surface area (Å²) >= 11 is 0. The maximum atomic E-state index is 12.2.